The van der Waals surface area contributed by atoms with Gasteiger partial charge in [-0.05, 0) is 25.3 Å². The van der Waals surface area contributed by atoms with Crippen molar-refractivity contribution >= 4 is 0 Å². The summed E-state index contributed by atoms with van der Waals surface area (Å²) in [7, 11) is 0. The van der Waals surface area contributed by atoms with Gasteiger partial charge >= 0.3 is 6.18 Å². The zero-order valence-electron chi connectivity index (χ0n) is 11.8. The summed E-state index contributed by atoms with van der Waals surface area (Å²) in [5.74, 6) is 0.544. The van der Waals surface area contributed by atoms with E-state index < -0.39 is 11.7 Å². The van der Waals surface area contributed by atoms with E-state index in [1.54, 1.807) is 0 Å². The van der Waals surface area contributed by atoms with Crippen LogP contribution < -0.4 is 5.32 Å². The molecule has 114 valence electrons. The first-order chi connectivity index (χ1) is 9.50. The van der Waals surface area contributed by atoms with Gasteiger partial charge in [0.15, 0.2) is 0 Å². The molecule has 1 N–H and O–H groups in total. The normalized spacial score (nSPS) is 19.2. The first-order valence-corrected chi connectivity index (χ1v) is 7.33. The van der Waals surface area contributed by atoms with Crippen LogP contribution in [0.15, 0.2) is 12.4 Å². The molecule has 0 aliphatic heterocycles. The van der Waals surface area contributed by atoms with Crippen molar-refractivity contribution < 1.29 is 13.2 Å². The smallest absolute Gasteiger partial charge is 0.312 e. The summed E-state index contributed by atoms with van der Waals surface area (Å²) in [4.78, 5) is 0. The maximum absolute atomic E-state index is 12.6. The van der Waals surface area contributed by atoms with Crippen molar-refractivity contribution in [2.24, 2.45) is 5.92 Å². The van der Waals surface area contributed by atoms with Crippen molar-refractivity contribution in [1.29, 1.82) is 0 Å². The summed E-state index contributed by atoms with van der Waals surface area (Å²) in [5.41, 5.74) is -0.670. The van der Waals surface area contributed by atoms with Gasteiger partial charge in [-0.3, -0.25) is 4.68 Å². The third-order valence-corrected chi connectivity index (χ3v) is 4.03. The van der Waals surface area contributed by atoms with Crippen LogP contribution in [0.25, 0.3) is 0 Å². The molecule has 0 radical (unpaired) electrons. The predicted molar refractivity (Wildman–Crippen MR) is 71.3 cm³/mol. The third-order valence-electron chi connectivity index (χ3n) is 4.03. The topological polar surface area (TPSA) is 29.9 Å². The molecule has 1 aromatic rings. The highest BCUT2D eigenvalue weighted by molar-refractivity contribution is 5.08. The lowest BCUT2D eigenvalue weighted by atomic mass is 9.84. The number of hydrogen-bond donors (Lipinski definition) is 1. The number of alkyl halides is 3. The average molecular weight is 289 g/mol. The van der Waals surface area contributed by atoms with Crippen molar-refractivity contribution in [2.75, 3.05) is 6.54 Å². The SMILES string of the molecule is CCNC(Cn1cc(C(F)(F)F)cn1)C1CCCCC1. The van der Waals surface area contributed by atoms with Crippen molar-refractivity contribution in [3.63, 3.8) is 0 Å². The summed E-state index contributed by atoms with van der Waals surface area (Å²) >= 11 is 0. The highest BCUT2D eigenvalue weighted by Gasteiger charge is 2.32. The summed E-state index contributed by atoms with van der Waals surface area (Å²) in [6, 6.07) is 0.210. The Morgan fingerprint density at radius 3 is 2.60 bits per heavy atom. The van der Waals surface area contributed by atoms with E-state index in [0.717, 1.165) is 31.8 Å². The summed E-state index contributed by atoms with van der Waals surface area (Å²) in [6.07, 6.45) is 3.73. The molecule has 0 amide bonds. The molecule has 0 saturated heterocycles. The lowest BCUT2D eigenvalue weighted by Gasteiger charge is -2.30. The van der Waals surface area contributed by atoms with Gasteiger partial charge in [0.25, 0.3) is 0 Å². The van der Waals surface area contributed by atoms with Crippen LogP contribution in [0.4, 0.5) is 13.2 Å². The van der Waals surface area contributed by atoms with Crippen LogP contribution in [0.3, 0.4) is 0 Å². The van der Waals surface area contributed by atoms with Crippen molar-refractivity contribution in [3.8, 4) is 0 Å². The van der Waals surface area contributed by atoms with Crippen LogP contribution in [0.2, 0.25) is 0 Å². The summed E-state index contributed by atoms with van der Waals surface area (Å²) in [5, 5.41) is 7.26. The second-order valence-corrected chi connectivity index (χ2v) is 5.51. The molecule has 1 aliphatic rings. The Balaban J connectivity index is 2.01. The van der Waals surface area contributed by atoms with Crippen LogP contribution in [0.5, 0.6) is 0 Å². The van der Waals surface area contributed by atoms with E-state index in [9.17, 15) is 13.2 Å². The fourth-order valence-corrected chi connectivity index (χ4v) is 2.99. The predicted octanol–water partition coefficient (Wildman–Crippen LogP) is 3.46. The molecule has 20 heavy (non-hydrogen) atoms. The Hall–Kier alpha value is -1.04. The van der Waals surface area contributed by atoms with Crippen molar-refractivity contribution in [1.82, 2.24) is 15.1 Å². The number of nitrogens with zero attached hydrogens (tertiary/aromatic N) is 2. The van der Waals surface area contributed by atoms with Gasteiger partial charge in [0.1, 0.15) is 0 Å². The Bertz CT molecular complexity index is 408. The number of rotatable bonds is 5. The van der Waals surface area contributed by atoms with E-state index in [4.69, 9.17) is 0 Å². The number of halogens is 3. The van der Waals surface area contributed by atoms with Gasteiger partial charge in [0, 0.05) is 12.2 Å². The second-order valence-electron chi connectivity index (χ2n) is 5.51. The second kappa shape index (κ2) is 6.61. The van der Waals surface area contributed by atoms with Crippen LogP contribution in [-0.2, 0) is 12.7 Å². The average Bonchev–Trinajstić information content (AvgIpc) is 2.88. The first-order valence-electron chi connectivity index (χ1n) is 7.33. The minimum Gasteiger partial charge on any atom is -0.312 e. The van der Waals surface area contributed by atoms with Crippen LogP contribution >= 0.6 is 0 Å². The lowest BCUT2D eigenvalue weighted by Crippen LogP contribution is -2.40. The molecule has 2 rings (SSSR count). The highest BCUT2D eigenvalue weighted by Crippen LogP contribution is 2.30. The molecule has 1 aromatic heterocycles. The monoisotopic (exact) mass is 289 g/mol. The molecule has 1 atom stereocenters. The van der Waals surface area contributed by atoms with Gasteiger partial charge in [-0.1, -0.05) is 26.2 Å². The minimum absolute atomic E-state index is 0.210. The molecule has 0 spiro atoms. The number of hydrogen-bond acceptors (Lipinski definition) is 2. The molecular weight excluding hydrogens is 267 g/mol. The van der Waals surface area contributed by atoms with Gasteiger partial charge < -0.3 is 5.32 Å². The first kappa shape index (κ1) is 15.4. The molecule has 3 nitrogen and oxygen atoms in total. The molecule has 1 fully saturated rings. The Kier molecular flexibility index (Phi) is 5.07. The molecule has 6 heteroatoms. The zero-order valence-corrected chi connectivity index (χ0v) is 11.8. The number of nitrogens with one attached hydrogen (secondary N) is 1. The molecule has 1 aliphatic carbocycles. The van der Waals surface area contributed by atoms with Crippen molar-refractivity contribution in [2.45, 2.75) is 57.8 Å². The molecule has 0 bridgehead atoms. The largest absolute Gasteiger partial charge is 0.419 e. The summed E-state index contributed by atoms with van der Waals surface area (Å²) in [6.45, 7) is 3.36. The Morgan fingerprint density at radius 1 is 1.35 bits per heavy atom. The minimum atomic E-state index is -4.31. The maximum atomic E-state index is 12.6. The van der Waals surface area contributed by atoms with E-state index >= 15 is 0 Å². The standard InChI is InChI=1S/C14H22F3N3/c1-2-18-13(11-6-4-3-5-7-11)10-20-9-12(8-19-20)14(15,16)17/h8-9,11,13,18H,2-7,10H2,1H3. The maximum Gasteiger partial charge on any atom is 0.419 e. The van der Waals surface area contributed by atoms with Crippen molar-refractivity contribution in [3.05, 3.63) is 18.0 Å². The van der Waals surface area contributed by atoms with Gasteiger partial charge in [0.05, 0.1) is 18.3 Å². The molecule has 1 unspecified atom stereocenters. The van der Waals surface area contributed by atoms with Crippen LogP contribution in [0, 0.1) is 5.92 Å². The van der Waals surface area contributed by atoms with E-state index in [0.29, 0.717) is 12.5 Å². The molecule has 1 saturated carbocycles. The third kappa shape index (κ3) is 3.98. The van der Waals surface area contributed by atoms with E-state index in [-0.39, 0.29) is 6.04 Å². The van der Waals surface area contributed by atoms with Crippen LogP contribution in [-0.4, -0.2) is 22.4 Å². The van der Waals surface area contributed by atoms with Gasteiger partial charge in [-0.15, -0.1) is 0 Å². The Morgan fingerprint density at radius 2 is 2.05 bits per heavy atom. The zero-order chi connectivity index (χ0) is 14.6. The quantitative estimate of drug-likeness (QED) is 0.899. The van der Waals surface area contributed by atoms with Gasteiger partial charge in [0.2, 0.25) is 0 Å². The molecule has 1 heterocycles. The van der Waals surface area contributed by atoms with Crippen LogP contribution in [0.1, 0.15) is 44.6 Å². The highest BCUT2D eigenvalue weighted by atomic mass is 19.4. The van der Waals surface area contributed by atoms with E-state index in [1.807, 2.05) is 6.92 Å². The fraction of sp³-hybridized carbons (Fsp3) is 0.786. The van der Waals surface area contributed by atoms with Gasteiger partial charge in [-0.25, -0.2) is 0 Å². The van der Waals surface area contributed by atoms with E-state index in [1.165, 1.54) is 23.9 Å². The summed E-state index contributed by atoms with van der Waals surface area (Å²) < 4.78 is 39.1. The molecule has 0 aromatic carbocycles. The van der Waals surface area contributed by atoms with E-state index in [2.05, 4.69) is 10.4 Å². The molecular formula is C14H22F3N3. The number of aromatic nitrogens is 2. The Labute approximate surface area is 117 Å². The lowest BCUT2D eigenvalue weighted by molar-refractivity contribution is -0.137. The van der Waals surface area contributed by atoms with Gasteiger partial charge in [-0.2, -0.15) is 18.3 Å². The fourth-order valence-electron chi connectivity index (χ4n) is 2.99. The number of likely N-dealkylation sites (N-methyl/N-ethyl adjacent to an activating group) is 1.